The number of benzene rings is 1. The van der Waals surface area contributed by atoms with Crippen LogP contribution in [0.4, 0.5) is 11.7 Å². The Morgan fingerprint density at radius 3 is 2.44 bits per heavy atom. The van der Waals surface area contributed by atoms with E-state index in [2.05, 4.69) is 17.1 Å². The van der Waals surface area contributed by atoms with Crippen molar-refractivity contribution >= 4 is 23.6 Å². The van der Waals surface area contributed by atoms with Gasteiger partial charge in [0, 0.05) is 36.3 Å². The minimum absolute atomic E-state index is 0.0446. The van der Waals surface area contributed by atoms with Crippen LogP contribution in [0.15, 0.2) is 40.8 Å². The zero-order valence-electron chi connectivity index (χ0n) is 21.1. The van der Waals surface area contributed by atoms with Crippen molar-refractivity contribution in [2.75, 3.05) is 37.5 Å². The Kier molecular flexibility index (Phi) is 8.10. The van der Waals surface area contributed by atoms with Gasteiger partial charge >= 0.3 is 5.97 Å². The minimum atomic E-state index is -0.529. The molecule has 0 unspecified atom stereocenters. The van der Waals surface area contributed by atoms with Gasteiger partial charge in [-0.3, -0.25) is 14.8 Å². The lowest BCUT2D eigenvalue weighted by molar-refractivity contribution is -0.123. The maximum absolute atomic E-state index is 13.6. The number of aromatic nitrogens is 2. The number of hydrogen-bond acceptors (Lipinski definition) is 7. The van der Waals surface area contributed by atoms with E-state index in [4.69, 9.17) is 19.6 Å². The average Bonchev–Trinajstić information content (AvgIpc) is 3.52. The fourth-order valence-corrected chi connectivity index (χ4v) is 4.59. The number of ether oxygens (including phenoxy) is 2. The van der Waals surface area contributed by atoms with E-state index in [1.807, 2.05) is 24.3 Å². The molecule has 36 heavy (non-hydrogen) atoms. The number of methoxy groups -OCH3 is 1. The molecular formula is C27H34N4O5. The van der Waals surface area contributed by atoms with E-state index in [1.54, 1.807) is 31.1 Å². The molecule has 1 amide bonds. The van der Waals surface area contributed by atoms with E-state index >= 15 is 0 Å². The topological polar surface area (TPSA) is 124 Å². The Morgan fingerprint density at radius 2 is 1.83 bits per heavy atom. The largest absolute Gasteiger partial charge is 0.462 e. The van der Waals surface area contributed by atoms with Gasteiger partial charge in [-0.05, 0) is 38.5 Å². The first-order valence-corrected chi connectivity index (χ1v) is 12.4. The Morgan fingerprint density at radius 1 is 1.14 bits per heavy atom. The summed E-state index contributed by atoms with van der Waals surface area (Å²) in [5.41, 5.74) is 8.33. The lowest BCUT2D eigenvalue weighted by Gasteiger charge is -2.30. The number of furan rings is 1. The summed E-state index contributed by atoms with van der Waals surface area (Å²) in [5, 5.41) is 6.91. The van der Waals surface area contributed by atoms with Crippen molar-refractivity contribution in [1.29, 1.82) is 0 Å². The Bertz CT molecular complexity index is 1180. The number of esters is 1. The monoisotopic (exact) mass is 494 g/mol. The van der Waals surface area contributed by atoms with Crippen LogP contribution in [0, 0.1) is 11.8 Å². The molecule has 4 rings (SSSR count). The lowest BCUT2D eigenvalue weighted by atomic mass is 9.82. The lowest BCUT2D eigenvalue weighted by Crippen LogP contribution is -2.40. The number of hydrogen-bond donors (Lipinski definition) is 2. The third-order valence-electron chi connectivity index (χ3n) is 6.67. The summed E-state index contributed by atoms with van der Waals surface area (Å²) in [4.78, 5) is 28.1. The normalized spacial score (nSPS) is 17.6. The van der Waals surface area contributed by atoms with Crippen LogP contribution in [0.3, 0.4) is 0 Å². The number of carbonyl (C=O) groups excluding carboxylic acids is 2. The summed E-state index contributed by atoms with van der Waals surface area (Å²) < 4.78 is 16.8. The minimum Gasteiger partial charge on any atom is -0.462 e. The standard InChI is InChI=1S/C27H34N4O5/c1-4-35-27(33)21-15-23(19-11-9-18(10-12-19)22-16-24(28)30-29-22)36-26(21)31(13-14-34-3)25(32)20-7-5-17(2)6-8-20/h9-12,15-17,20H,4-8,13-14H2,1-3H3,(H3,28,29,30)/t17-,20-. The molecule has 0 atom stereocenters. The molecule has 192 valence electrons. The van der Waals surface area contributed by atoms with Crippen molar-refractivity contribution in [1.82, 2.24) is 10.2 Å². The Labute approximate surface area is 210 Å². The predicted octanol–water partition coefficient (Wildman–Crippen LogP) is 4.90. The summed E-state index contributed by atoms with van der Waals surface area (Å²) in [5.74, 6) is 1.09. The first-order valence-electron chi connectivity index (χ1n) is 12.4. The summed E-state index contributed by atoms with van der Waals surface area (Å²) in [7, 11) is 1.58. The molecule has 0 saturated heterocycles. The molecule has 9 heteroatoms. The summed E-state index contributed by atoms with van der Waals surface area (Å²) in [6.07, 6.45) is 3.67. The molecule has 3 aromatic rings. The maximum atomic E-state index is 13.6. The van der Waals surface area contributed by atoms with Gasteiger partial charge in [0.2, 0.25) is 11.8 Å². The molecule has 1 fully saturated rings. The van der Waals surface area contributed by atoms with Crippen LogP contribution >= 0.6 is 0 Å². The van der Waals surface area contributed by atoms with Gasteiger partial charge in [0.05, 0.1) is 25.5 Å². The van der Waals surface area contributed by atoms with Crippen LogP contribution < -0.4 is 10.6 Å². The molecule has 1 aliphatic carbocycles. The van der Waals surface area contributed by atoms with Gasteiger partial charge < -0.3 is 19.6 Å². The third-order valence-corrected chi connectivity index (χ3v) is 6.67. The SMILES string of the molecule is CCOC(=O)c1cc(-c2ccc(-c3cc(N)[nH]n3)cc2)oc1N(CCOC)C(=O)[C@H]1CC[C@H](C)CC1. The van der Waals surface area contributed by atoms with Crippen LogP contribution in [-0.2, 0) is 14.3 Å². The Balaban J connectivity index is 1.68. The Hall–Kier alpha value is -3.59. The highest BCUT2D eigenvalue weighted by molar-refractivity contribution is 6.02. The summed E-state index contributed by atoms with van der Waals surface area (Å²) >= 11 is 0. The number of aromatic amines is 1. The molecule has 1 aliphatic rings. The molecule has 3 N–H and O–H groups in total. The summed E-state index contributed by atoms with van der Waals surface area (Å²) in [6.45, 7) is 4.77. The molecule has 9 nitrogen and oxygen atoms in total. The molecule has 2 aromatic heterocycles. The van der Waals surface area contributed by atoms with E-state index < -0.39 is 5.97 Å². The van der Waals surface area contributed by atoms with Crippen molar-refractivity contribution in [2.45, 2.75) is 39.5 Å². The van der Waals surface area contributed by atoms with Crippen LogP contribution in [-0.4, -0.2) is 48.9 Å². The van der Waals surface area contributed by atoms with Gasteiger partial charge in [0.25, 0.3) is 0 Å². The zero-order valence-corrected chi connectivity index (χ0v) is 21.1. The van der Waals surface area contributed by atoms with E-state index in [9.17, 15) is 9.59 Å². The average molecular weight is 495 g/mol. The zero-order chi connectivity index (χ0) is 25.7. The van der Waals surface area contributed by atoms with Crippen LogP contribution in [0.5, 0.6) is 0 Å². The van der Waals surface area contributed by atoms with Crippen molar-refractivity contribution in [3.05, 3.63) is 42.0 Å². The molecule has 0 bridgehead atoms. The van der Waals surface area contributed by atoms with E-state index in [1.165, 1.54) is 0 Å². The van der Waals surface area contributed by atoms with Crippen molar-refractivity contribution in [2.24, 2.45) is 11.8 Å². The number of carbonyl (C=O) groups is 2. The van der Waals surface area contributed by atoms with Crippen molar-refractivity contribution in [3.63, 3.8) is 0 Å². The number of nitrogens with zero attached hydrogens (tertiary/aromatic N) is 2. The van der Waals surface area contributed by atoms with Crippen LogP contribution in [0.25, 0.3) is 22.6 Å². The number of nitrogen functional groups attached to an aromatic ring is 1. The van der Waals surface area contributed by atoms with Crippen LogP contribution in [0.2, 0.25) is 0 Å². The second-order valence-electron chi connectivity index (χ2n) is 9.28. The van der Waals surface area contributed by atoms with Gasteiger partial charge in [0.1, 0.15) is 17.1 Å². The first-order chi connectivity index (χ1) is 17.4. The number of nitrogens with one attached hydrogen (secondary N) is 1. The van der Waals surface area contributed by atoms with Crippen molar-refractivity contribution < 1.29 is 23.5 Å². The number of rotatable bonds is 9. The first kappa shape index (κ1) is 25.5. The molecule has 0 spiro atoms. The highest BCUT2D eigenvalue weighted by Crippen LogP contribution is 2.36. The number of anilines is 2. The van der Waals surface area contributed by atoms with Gasteiger partial charge in [-0.25, -0.2) is 4.79 Å². The fourth-order valence-electron chi connectivity index (χ4n) is 4.59. The van der Waals surface area contributed by atoms with Gasteiger partial charge in [-0.1, -0.05) is 31.2 Å². The molecule has 2 heterocycles. The summed E-state index contributed by atoms with van der Waals surface area (Å²) in [6, 6.07) is 10.9. The van der Waals surface area contributed by atoms with Crippen molar-refractivity contribution in [3.8, 4) is 22.6 Å². The quantitative estimate of drug-likeness (QED) is 0.405. The number of H-pyrrole nitrogens is 1. The van der Waals surface area contributed by atoms with E-state index in [0.29, 0.717) is 24.1 Å². The predicted molar refractivity (Wildman–Crippen MR) is 137 cm³/mol. The third kappa shape index (κ3) is 5.62. The number of amides is 1. The molecule has 1 saturated carbocycles. The molecule has 0 aliphatic heterocycles. The number of nitrogens with two attached hydrogens (primary N) is 1. The highest BCUT2D eigenvalue weighted by atomic mass is 16.5. The van der Waals surface area contributed by atoms with Gasteiger partial charge in [-0.15, -0.1) is 0 Å². The van der Waals surface area contributed by atoms with Gasteiger partial charge in [-0.2, -0.15) is 5.10 Å². The van der Waals surface area contributed by atoms with E-state index in [0.717, 1.165) is 42.5 Å². The molecule has 0 radical (unpaired) electrons. The maximum Gasteiger partial charge on any atom is 0.343 e. The molecule has 1 aromatic carbocycles. The van der Waals surface area contributed by atoms with E-state index in [-0.39, 0.29) is 36.4 Å². The second kappa shape index (κ2) is 11.4. The highest BCUT2D eigenvalue weighted by Gasteiger charge is 2.33. The fraction of sp³-hybridized carbons (Fsp3) is 0.444. The smallest absolute Gasteiger partial charge is 0.343 e. The molecular weight excluding hydrogens is 460 g/mol. The van der Waals surface area contributed by atoms with Crippen LogP contribution in [0.1, 0.15) is 49.9 Å². The second-order valence-corrected chi connectivity index (χ2v) is 9.28. The van der Waals surface area contributed by atoms with Gasteiger partial charge in [0.15, 0.2) is 0 Å².